The fourth-order valence-electron chi connectivity index (χ4n) is 2.35. The fourth-order valence-corrected chi connectivity index (χ4v) is 4.45. The number of amides is 1. The summed E-state index contributed by atoms with van der Waals surface area (Å²) in [5.74, 6) is 0.934. The highest BCUT2D eigenvalue weighted by Gasteiger charge is 2.19. The SMILES string of the molecule is CSc1nc(-c2ccco2)nc(C)c1C(=O)NCCc1ccc(Br)s1. The molecule has 130 valence electrons. The normalized spacial score (nSPS) is 10.8. The predicted molar refractivity (Wildman–Crippen MR) is 104 cm³/mol. The summed E-state index contributed by atoms with van der Waals surface area (Å²) >= 11 is 6.54. The van der Waals surface area contributed by atoms with Crippen LogP contribution < -0.4 is 5.32 Å². The van der Waals surface area contributed by atoms with Crippen molar-refractivity contribution in [2.75, 3.05) is 12.8 Å². The third-order valence-corrected chi connectivity index (χ3v) is 5.87. The summed E-state index contributed by atoms with van der Waals surface area (Å²) < 4.78 is 6.45. The van der Waals surface area contributed by atoms with Crippen molar-refractivity contribution >= 4 is 44.9 Å². The highest BCUT2D eigenvalue weighted by atomic mass is 79.9. The Balaban J connectivity index is 1.75. The monoisotopic (exact) mass is 437 g/mol. The molecule has 0 fully saturated rings. The third-order valence-electron chi connectivity index (χ3n) is 3.50. The summed E-state index contributed by atoms with van der Waals surface area (Å²) in [5.41, 5.74) is 1.16. The van der Waals surface area contributed by atoms with E-state index in [9.17, 15) is 4.79 Å². The van der Waals surface area contributed by atoms with E-state index in [1.165, 1.54) is 16.6 Å². The van der Waals surface area contributed by atoms with Crippen LogP contribution in [-0.4, -0.2) is 28.7 Å². The van der Waals surface area contributed by atoms with Gasteiger partial charge in [0.25, 0.3) is 5.91 Å². The topological polar surface area (TPSA) is 68.0 Å². The van der Waals surface area contributed by atoms with Crippen LogP contribution in [0.3, 0.4) is 0 Å². The van der Waals surface area contributed by atoms with Crippen LogP contribution >= 0.6 is 39.0 Å². The summed E-state index contributed by atoms with van der Waals surface area (Å²) in [6.45, 7) is 2.39. The van der Waals surface area contributed by atoms with Crippen molar-refractivity contribution in [3.8, 4) is 11.6 Å². The first kappa shape index (κ1) is 18.2. The van der Waals surface area contributed by atoms with E-state index in [-0.39, 0.29) is 5.91 Å². The number of thiophene rings is 1. The molecule has 1 amide bonds. The molecule has 3 rings (SSSR count). The molecular weight excluding hydrogens is 422 g/mol. The Kier molecular flexibility index (Phi) is 5.93. The summed E-state index contributed by atoms with van der Waals surface area (Å²) in [7, 11) is 0. The molecule has 0 aliphatic rings. The van der Waals surface area contributed by atoms with Crippen molar-refractivity contribution in [2.24, 2.45) is 0 Å². The first-order valence-electron chi connectivity index (χ1n) is 7.57. The zero-order valence-electron chi connectivity index (χ0n) is 13.7. The van der Waals surface area contributed by atoms with Gasteiger partial charge in [-0.05, 0) is 59.8 Å². The van der Waals surface area contributed by atoms with Gasteiger partial charge in [-0.15, -0.1) is 23.1 Å². The number of carbonyl (C=O) groups excluding carboxylic acids is 1. The molecular formula is C17H16BrN3O2S2. The molecule has 3 heterocycles. The lowest BCUT2D eigenvalue weighted by molar-refractivity contribution is 0.0949. The van der Waals surface area contributed by atoms with Gasteiger partial charge in [-0.25, -0.2) is 9.97 Å². The third kappa shape index (κ3) is 4.31. The van der Waals surface area contributed by atoms with E-state index >= 15 is 0 Å². The number of aryl methyl sites for hydroxylation is 1. The zero-order chi connectivity index (χ0) is 17.8. The van der Waals surface area contributed by atoms with Crippen molar-refractivity contribution in [1.29, 1.82) is 0 Å². The number of hydrogen-bond acceptors (Lipinski definition) is 6. The van der Waals surface area contributed by atoms with Crippen molar-refractivity contribution in [3.63, 3.8) is 0 Å². The summed E-state index contributed by atoms with van der Waals surface area (Å²) in [4.78, 5) is 22.7. The number of halogens is 1. The maximum Gasteiger partial charge on any atom is 0.255 e. The Labute approximate surface area is 162 Å². The van der Waals surface area contributed by atoms with Gasteiger partial charge in [0.15, 0.2) is 11.6 Å². The van der Waals surface area contributed by atoms with Crippen LogP contribution in [-0.2, 0) is 6.42 Å². The second-order valence-corrected chi connectivity index (χ2v) is 8.55. The van der Waals surface area contributed by atoms with Crippen LogP contribution in [0.1, 0.15) is 20.9 Å². The first-order chi connectivity index (χ1) is 12.1. The number of hydrogen-bond donors (Lipinski definition) is 1. The lowest BCUT2D eigenvalue weighted by Crippen LogP contribution is -2.27. The molecule has 5 nitrogen and oxygen atoms in total. The largest absolute Gasteiger partial charge is 0.461 e. The van der Waals surface area contributed by atoms with Gasteiger partial charge in [-0.1, -0.05) is 0 Å². The summed E-state index contributed by atoms with van der Waals surface area (Å²) in [6.07, 6.45) is 4.27. The molecule has 0 saturated heterocycles. The smallest absolute Gasteiger partial charge is 0.255 e. The second-order valence-electron chi connectivity index (χ2n) is 5.21. The molecule has 3 aromatic rings. The van der Waals surface area contributed by atoms with Crippen LogP contribution in [0.15, 0.2) is 43.8 Å². The Bertz CT molecular complexity index is 878. The molecule has 8 heteroatoms. The average Bonchev–Trinajstić information content (AvgIpc) is 3.25. The van der Waals surface area contributed by atoms with Gasteiger partial charge in [0, 0.05) is 11.4 Å². The van der Waals surface area contributed by atoms with E-state index in [1.54, 1.807) is 29.7 Å². The Morgan fingerprint density at radius 3 is 2.84 bits per heavy atom. The molecule has 0 aliphatic heterocycles. The minimum absolute atomic E-state index is 0.150. The van der Waals surface area contributed by atoms with Crippen LogP contribution in [0, 0.1) is 6.92 Å². The number of nitrogens with one attached hydrogen (secondary N) is 1. The van der Waals surface area contributed by atoms with Gasteiger partial charge in [-0.2, -0.15) is 0 Å². The van der Waals surface area contributed by atoms with Crippen molar-refractivity contribution in [1.82, 2.24) is 15.3 Å². The predicted octanol–water partition coefficient (Wildman–Crippen LogP) is 4.56. The van der Waals surface area contributed by atoms with Gasteiger partial charge in [0.05, 0.1) is 21.3 Å². The molecule has 0 atom stereocenters. The van der Waals surface area contributed by atoms with Crippen LogP contribution in [0.5, 0.6) is 0 Å². The molecule has 0 radical (unpaired) electrons. The number of carbonyl (C=O) groups is 1. The van der Waals surface area contributed by atoms with E-state index in [2.05, 4.69) is 37.3 Å². The Morgan fingerprint density at radius 1 is 1.36 bits per heavy atom. The molecule has 0 spiro atoms. The number of rotatable bonds is 6. The van der Waals surface area contributed by atoms with Crippen LogP contribution in [0.4, 0.5) is 0 Å². The molecule has 0 bridgehead atoms. The lowest BCUT2D eigenvalue weighted by Gasteiger charge is -2.11. The molecule has 25 heavy (non-hydrogen) atoms. The van der Waals surface area contributed by atoms with Gasteiger partial charge < -0.3 is 9.73 Å². The van der Waals surface area contributed by atoms with E-state index in [0.717, 1.165) is 10.2 Å². The minimum atomic E-state index is -0.150. The van der Waals surface area contributed by atoms with E-state index in [1.807, 2.05) is 19.2 Å². The first-order valence-corrected chi connectivity index (χ1v) is 10.4. The molecule has 0 aliphatic carbocycles. The number of furan rings is 1. The van der Waals surface area contributed by atoms with Crippen molar-refractivity contribution in [2.45, 2.75) is 18.4 Å². The quantitative estimate of drug-likeness (QED) is 0.451. The Morgan fingerprint density at radius 2 is 2.20 bits per heavy atom. The van der Waals surface area contributed by atoms with Crippen molar-refractivity contribution < 1.29 is 9.21 Å². The minimum Gasteiger partial charge on any atom is -0.461 e. The van der Waals surface area contributed by atoms with Crippen LogP contribution in [0.2, 0.25) is 0 Å². The molecule has 0 aromatic carbocycles. The van der Waals surface area contributed by atoms with Gasteiger partial charge in [-0.3, -0.25) is 4.79 Å². The highest BCUT2D eigenvalue weighted by molar-refractivity contribution is 9.11. The maximum atomic E-state index is 12.6. The number of thioether (sulfide) groups is 1. The van der Waals surface area contributed by atoms with E-state index in [0.29, 0.717) is 34.4 Å². The van der Waals surface area contributed by atoms with Gasteiger partial charge in [0.2, 0.25) is 0 Å². The zero-order valence-corrected chi connectivity index (χ0v) is 16.9. The maximum absolute atomic E-state index is 12.6. The van der Waals surface area contributed by atoms with E-state index < -0.39 is 0 Å². The standard InChI is InChI=1S/C17H16BrN3O2S2/c1-10-14(16(22)19-8-7-11-5-6-13(18)25-11)17(24-2)21-15(20-10)12-4-3-9-23-12/h3-6,9H,7-8H2,1-2H3,(H,19,22). The molecule has 0 unspecified atom stereocenters. The Hall–Kier alpha value is -1.64. The second kappa shape index (κ2) is 8.16. The number of aromatic nitrogens is 2. The van der Waals surface area contributed by atoms with Crippen molar-refractivity contribution in [3.05, 3.63) is 50.4 Å². The molecule has 3 aromatic heterocycles. The average molecular weight is 438 g/mol. The van der Waals surface area contributed by atoms with E-state index in [4.69, 9.17) is 4.42 Å². The highest BCUT2D eigenvalue weighted by Crippen LogP contribution is 2.25. The molecule has 1 N–H and O–H groups in total. The van der Waals surface area contributed by atoms with Gasteiger partial charge >= 0.3 is 0 Å². The lowest BCUT2D eigenvalue weighted by atomic mass is 10.2. The summed E-state index contributed by atoms with van der Waals surface area (Å²) in [6, 6.07) is 7.66. The number of nitrogens with zero attached hydrogens (tertiary/aromatic N) is 2. The van der Waals surface area contributed by atoms with Gasteiger partial charge in [0.1, 0.15) is 5.03 Å². The summed E-state index contributed by atoms with van der Waals surface area (Å²) in [5, 5.41) is 3.61. The fraction of sp³-hybridized carbons (Fsp3) is 0.235. The van der Waals surface area contributed by atoms with Crippen LogP contribution in [0.25, 0.3) is 11.6 Å². The molecule has 0 saturated carbocycles.